The van der Waals surface area contributed by atoms with E-state index in [-0.39, 0.29) is 10.5 Å². The van der Waals surface area contributed by atoms with Gasteiger partial charge in [0.05, 0.1) is 16.4 Å². The van der Waals surface area contributed by atoms with Gasteiger partial charge in [0.2, 0.25) is 0 Å². The molecule has 118 valence electrons. The van der Waals surface area contributed by atoms with E-state index in [0.717, 1.165) is 31.9 Å². The summed E-state index contributed by atoms with van der Waals surface area (Å²) in [7, 11) is -3.50. The highest BCUT2D eigenvalue weighted by molar-refractivity contribution is 7.90. The van der Waals surface area contributed by atoms with Crippen molar-refractivity contribution in [2.45, 2.75) is 42.9 Å². The molecule has 1 aromatic carbocycles. The normalized spacial score (nSPS) is 17.1. The molecular weight excluding hydrogens is 302 g/mol. The molecule has 2 rings (SSSR count). The number of aliphatic carboxylic acids is 1. The van der Waals surface area contributed by atoms with Crippen molar-refractivity contribution in [3.05, 3.63) is 29.3 Å². The van der Waals surface area contributed by atoms with Crippen LogP contribution in [0.1, 0.15) is 49.1 Å². The zero-order chi connectivity index (χ0) is 16.3. The van der Waals surface area contributed by atoms with Crippen molar-refractivity contribution in [2.24, 2.45) is 5.92 Å². The lowest BCUT2D eigenvalue weighted by Gasteiger charge is -2.18. The van der Waals surface area contributed by atoms with Gasteiger partial charge in [-0.15, -0.1) is 0 Å². The molecule has 22 heavy (non-hydrogen) atoms. The van der Waals surface area contributed by atoms with E-state index in [1.807, 2.05) is 6.07 Å². The van der Waals surface area contributed by atoms with Crippen LogP contribution >= 0.6 is 0 Å². The third-order valence-corrected chi connectivity index (χ3v) is 5.42. The third kappa shape index (κ3) is 3.66. The van der Waals surface area contributed by atoms with Crippen molar-refractivity contribution >= 4 is 15.8 Å². The molecule has 0 heterocycles. The molecule has 1 aromatic rings. The Morgan fingerprint density at radius 3 is 2.55 bits per heavy atom. The Kier molecular flexibility index (Phi) is 4.87. The lowest BCUT2D eigenvalue weighted by atomic mass is 9.87. The van der Waals surface area contributed by atoms with Gasteiger partial charge in [-0.3, -0.25) is 4.79 Å². The molecule has 0 aliphatic heterocycles. The van der Waals surface area contributed by atoms with Gasteiger partial charge in [0.25, 0.3) is 0 Å². The van der Waals surface area contributed by atoms with Gasteiger partial charge in [-0.1, -0.05) is 31.7 Å². The van der Waals surface area contributed by atoms with E-state index in [0.29, 0.717) is 17.9 Å². The molecule has 5 nitrogen and oxygen atoms in total. The summed E-state index contributed by atoms with van der Waals surface area (Å²) in [5.41, 5.74) is 0.515. The van der Waals surface area contributed by atoms with Crippen LogP contribution in [0.5, 0.6) is 0 Å². The number of carboxylic acids is 1. The first-order valence-electron chi connectivity index (χ1n) is 7.30. The van der Waals surface area contributed by atoms with Gasteiger partial charge in [0.15, 0.2) is 9.84 Å². The molecule has 1 fully saturated rings. The van der Waals surface area contributed by atoms with Crippen LogP contribution in [0.4, 0.5) is 0 Å². The second-order valence-corrected chi connectivity index (χ2v) is 7.90. The van der Waals surface area contributed by atoms with Gasteiger partial charge in [-0.05, 0) is 30.0 Å². The Bertz CT molecular complexity index is 712. The van der Waals surface area contributed by atoms with Gasteiger partial charge in [-0.25, -0.2) is 8.42 Å². The number of nitrogens with zero attached hydrogens (tertiary/aromatic N) is 1. The molecule has 0 amide bonds. The zero-order valence-corrected chi connectivity index (χ0v) is 13.3. The second-order valence-electron chi connectivity index (χ2n) is 5.92. The van der Waals surface area contributed by atoms with Crippen molar-refractivity contribution in [2.75, 3.05) is 6.26 Å². The number of rotatable bonds is 5. The number of sulfone groups is 1. The summed E-state index contributed by atoms with van der Waals surface area (Å²) in [6.45, 7) is 0. The quantitative estimate of drug-likeness (QED) is 0.899. The highest BCUT2D eigenvalue weighted by Crippen LogP contribution is 2.35. The highest BCUT2D eigenvalue weighted by atomic mass is 32.2. The molecule has 6 heteroatoms. The lowest BCUT2D eigenvalue weighted by Crippen LogP contribution is -2.15. The summed E-state index contributed by atoms with van der Waals surface area (Å²) < 4.78 is 23.3. The van der Waals surface area contributed by atoms with Crippen LogP contribution in [0.2, 0.25) is 0 Å². The van der Waals surface area contributed by atoms with Crippen LogP contribution in [-0.4, -0.2) is 25.7 Å². The van der Waals surface area contributed by atoms with Crippen LogP contribution in [-0.2, 0) is 14.6 Å². The van der Waals surface area contributed by atoms with E-state index < -0.39 is 21.7 Å². The summed E-state index contributed by atoms with van der Waals surface area (Å²) in [4.78, 5) is 11.5. The molecule has 0 unspecified atom stereocenters. The largest absolute Gasteiger partial charge is 0.481 e. The number of benzene rings is 1. The predicted octanol–water partition coefficient (Wildman–Crippen LogP) is 2.71. The van der Waals surface area contributed by atoms with Crippen LogP contribution in [0.15, 0.2) is 23.1 Å². The van der Waals surface area contributed by atoms with Crippen LogP contribution in [0.3, 0.4) is 0 Å². The van der Waals surface area contributed by atoms with Crippen molar-refractivity contribution in [3.63, 3.8) is 0 Å². The Hall–Kier alpha value is -1.87. The first-order chi connectivity index (χ1) is 10.3. The fourth-order valence-corrected chi connectivity index (χ4v) is 3.95. The Morgan fingerprint density at radius 2 is 2.05 bits per heavy atom. The minimum Gasteiger partial charge on any atom is -0.481 e. The number of carboxylic acid groups (broad SMARTS) is 1. The van der Waals surface area contributed by atoms with Crippen molar-refractivity contribution in [3.8, 4) is 6.07 Å². The molecule has 1 aliphatic rings. The van der Waals surface area contributed by atoms with E-state index in [1.165, 1.54) is 18.2 Å². The maximum absolute atomic E-state index is 11.6. The smallest absolute Gasteiger partial charge is 0.310 e. The van der Waals surface area contributed by atoms with E-state index >= 15 is 0 Å². The molecule has 1 saturated carbocycles. The molecule has 0 radical (unpaired) electrons. The number of carbonyl (C=O) groups is 1. The molecule has 1 N–H and O–H groups in total. The molecule has 1 atom stereocenters. The predicted molar refractivity (Wildman–Crippen MR) is 81.2 cm³/mol. The van der Waals surface area contributed by atoms with E-state index in [9.17, 15) is 18.3 Å². The fourth-order valence-electron chi connectivity index (χ4n) is 3.13. The van der Waals surface area contributed by atoms with Crippen LogP contribution in [0.25, 0.3) is 0 Å². The first kappa shape index (κ1) is 16.5. The maximum Gasteiger partial charge on any atom is 0.310 e. The van der Waals surface area contributed by atoms with E-state index in [2.05, 4.69) is 0 Å². The van der Waals surface area contributed by atoms with Crippen molar-refractivity contribution < 1.29 is 18.3 Å². The monoisotopic (exact) mass is 321 g/mol. The average molecular weight is 321 g/mol. The van der Waals surface area contributed by atoms with Crippen molar-refractivity contribution in [1.82, 2.24) is 0 Å². The molecule has 0 saturated heterocycles. The second kappa shape index (κ2) is 6.49. The SMILES string of the molecule is CS(=O)(=O)c1ccc([C@@H](CC2CCCC2)C(=O)O)cc1C#N. The molecular formula is C16H19NO4S. The average Bonchev–Trinajstić information content (AvgIpc) is 2.95. The number of hydrogen-bond donors (Lipinski definition) is 1. The van der Waals surface area contributed by atoms with Gasteiger partial charge < -0.3 is 5.11 Å². The third-order valence-electron chi connectivity index (χ3n) is 4.27. The molecule has 0 aromatic heterocycles. The van der Waals surface area contributed by atoms with Crippen LogP contribution in [0, 0.1) is 17.2 Å². The summed E-state index contributed by atoms with van der Waals surface area (Å²) in [6, 6.07) is 6.12. The lowest BCUT2D eigenvalue weighted by molar-refractivity contribution is -0.139. The topological polar surface area (TPSA) is 95.2 Å². The summed E-state index contributed by atoms with van der Waals surface area (Å²) >= 11 is 0. The first-order valence-corrected chi connectivity index (χ1v) is 9.19. The van der Waals surface area contributed by atoms with E-state index in [1.54, 1.807) is 0 Å². The van der Waals surface area contributed by atoms with Gasteiger partial charge in [0, 0.05) is 6.26 Å². The molecule has 0 bridgehead atoms. The molecule has 0 spiro atoms. The van der Waals surface area contributed by atoms with Gasteiger partial charge in [-0.2, -0.15) is 5.26 Å². The van der Waals surface area contributed by atoms with Crippen molar-refractivity contribution in [1.29, 1.82) is 5.26 Å². The minimum absolute atomic E-state index is 0.0117. The number of nitriles is 1. The van der Waals surface area contributed by atoms with Gasteiger partial charge >= 0.3 is 5.97 Å². The molecule has 1 aliphatic carbocycles. The fraction of sp³-hybridized carbons (Fsp3) is 0.500. The number of hydrogen-bond acceptors (Lipinski definition) is 4. The summed E-state index contributed by atoms with van der Waals surface area (Å²) in [5.74, 6) is -1.23. The minimum atomic E-state index is -3.50. The van der Waals surface area contributed by atoms with Crippen LogP contribution < -0.4 is 0 Å². The maximum atomic E-state index is 11.6. The zero-order valence-electron chi connectivity index (χ0n) is 12.4. The Morgan fingerprint density at radius 1 is 1.41 bits per heavy atom. The summed E-state index contributed by atoms with van der Waals surface area (Å²) in [5, 5.41) is 18.6. The standard InChI is InChI=1S/C16H19NO4S/c1-22(20,21)15-7-6-12(9-13(15)10-17)14(16(18)19)8-11-4-2-3-5-11/h6-7,9,11,14H,2-5,8H2,1H3,(H,18,19)/t14-/m1/s1. The Labute approximate surface area is 130 Å². The van der Waals surface area contributed by atoms with Gasteiger partial charge in [0.1, 0.15) is 6.07 Å². The van der Waals surface area contributed by atoms with E-state index in [4.69, 9.17) is 5.26 Å². The highest BCUT2D eigenvalue weighted by Gasteiger charge is 2.27. The Balaban J connectivity index is 2.36. The summed E-state index contributed by atoms with van der Waals surface area (Å²) in [6.07, 6.45) is 5.92.